The summed E-state index contributed by atoms with van der Waals surface area (Å²) in [5, 5.41) is 18.2. The summed E-state index contributed by atoms with van der Waals surface area (Å²) in [5.74, 6) is -1.71. The highest BCUT2D eigenvalue weighted by molar-refractivity contribution is 7.91. The number of ether oxygens (including phenoxy) is 1. The molecule has 17 heteroatoms. The first-order valence-electron chi connectivity index (χ1n) is 17.3. The zero-order valence-electron chi connectivity index (χ0n) is 28.2. The summed E-state index contributed by atoms with van der Waals surface area (Å²) >= 11 is 0. The Morgan fingerprint density at radius 2 is 1.86 bits per heavy atom. The van der Waals surface area contributed by atoms with Crippen LogP contribution in [0.3, 0.4) is 0 Å². The maximum atomic E-state index is 14.4. The average molecular weight is 720 g/mol. The number of sulfonamides is 1. The van der Waals surface area contributed by atoms with Crippen molar-refractivity contribution in [1.29, 1.82) is 0 Å². The van der Waals surface area contributed by atoms with E-state index < -0.39 is 68.5 Å². The molecule has 2 aliphatic heterocycles. The standard InChI is InChI=1S/C34H41N9O7S/c1-50-24-13-11-21(12-14-24)29-38-41-43(39-29)23-18-28-31(45)37-34(33(47)40-51(48,49)25-15-16-25)19-22(34)8-5-3-2-4-6-9-27(32(46)42(28)20-23)36-30(44)26-10-7-17-35-26/h5,7-8,10-14,17,22-23,25,27-28,35H,2-4,6,9,15-16,18-20H2,1H3,(H,36,44)(H,37,45)(H,40,47)/b8-5-/t22-,23+,27-,28-,34+/m0/s1. The van der Waals surface area contributed by atoms with Gasteiger partial charge in [-0.15, -0.1) is 10.2 Å². The molecule has 3 aromatic rings. The van der Waals surface area contributed by atoms with E-state index in [0.29, 0.717) is 54.9 Å². The van der Waals surface area contributed by atoms with Crippen molar-refractivity contribution in [3.63, 3.8) is 0 Å². The quantitative estimate of drug-likeness (QED) is 0.247. The normalized spacial score (nSPS) is 27.6. The number of carbonyl (C=O) groups is 4. The molecule has 2 saturated carbocycles. The number of hydrogen-bond acceptors (Lipinski definition) is 10. The lowest BCUT2D eigenvalue weighted by atomic mass is 10.0. The van der Waals surface area contributed by atoms with Gasteiger partial charge in [-0.3, -0.25) is 23.9 Å². The number of amides is 4. The van der Waals surface area contributed by atoms with Gasteiger partial charge in [-0.2, -0.15) is 4.80 Å². The molecular formula is C34H41N9O7S. The molecule has 5 atom stereocenters. The van der Waals surface area contributed by atoms with E-state index in [1.165, 1.54) is 9.70 Å². The average Bonchev–Trinajstić information content (AvgIpc) is 3.84. The molecule has 1 aromatic carbocycles. The van der Waals surface area contributed by atoms with Crippen LogP contribution >= 0.6 is 0 Å². The Morgan fingerprint density at radius 3 is 2.59 bits per heavy atom. The Morgan fingerprint density at radius 1 is 1.06 bits per heavy atom. The molecule has 270 valence electrons. The SMILES string of the molecule is COc1ccc(-c2nnn([C@@H]3C[C@H]4C(=O)N[C@]5(C(=O)NS(=O)(=O)C6CC6)C[C@@H]5/C=C\CCCCC[C@H](NC(=O)c5ccc[nH]5)C(=O)N4C3)n2)cc1. The molecule has 4 N–H and O–H groups in total. The van der Waals surface area contributed by atoms with Gasteiger partial charge in [-0.25, -0.2) is 8.42 Å². The molecule has 51 heavy (non-hydrogen) atoms. The highest BCUT2D eigenvalue weighted by Gasteiger charge is 2.62. The summed E-state index contributed by atoms with van der Waals surface area (Å²) in [6, 6.07) is 7.83. The maximum Gasteiger partial charge on any atom is 0.268 e. The molecule has 16 nitrogen and oxygen atoms in total. The van der Waals surface area contributed by atoms with Crippen LogP contribution in [0.5, 0.6) is 5.75 Å². The number of nitrogens with zero attached hydrogens (tertiary/aromatic N) is 5. The summed E-state index contributed by atoms with van der Waals surface area (Å²) in [6.45, 7) is 0.0305. The molecule has 3 fully saturated rings. The van der Waals surface area contributed by atoms with Crippen LogP contribution in [0.1, 0.15) is 74.3 Å². The number of allylic oxidation sites excluding steroid dienone is 1. The highest BCUT2D eigenvalue weighted by atomic mass is 32.2. The van der Waals surface area contributed by atoms with Crippen molar-refractivity contribution in [1.82, 2.24) is 45.4 Å². The second kappa shape index (κ2) is 13.9. The predicted octanol–water partition coefficient (Wildman–Crippen LogP) is 1.62. The van der Waals surface area contributed by atoms with Gasteiger partial charge in [0.25, 0.3) is 11.8 Å². The van der Waals surface area contributed by atoms with E-state index in [2.05, 4.69) is 35.8 Å². The number of methoxy groups -OCH3 is 1. The second-order valence-electron chi connectivity index (χ2n) is 13.7. The zero-order valence-corrected chi connectivity index (χ0v) is 29.0. The van der Waals surface area contributed by atoms with Crippen molar-refractivity contribution < 1.29 is 32.3 Å². The minimum absolute atomic E-state index is 0.0305. The van der Waals surface area contributed by atoms with Gasteiger partial charge in [-0.1, -0.05) is 25.0 Å². The van der Waals surface area contributed by atoms with E-state index in [1.807, 2.05) is 12.2 Å². The number of carbonyl (C=O) groups excluding carboxylic acids is 4. The fraction of sp³-hybridized carbons (Fsp3) is 0.500. The minimum Gasteiger partial charge on any atom is -0.497 e. The number of aromatic nitrogens is 5. The number of nitrogens with one attached hydrogen (secondary N) is 4. The number of hydrogen-bond donors (Lipinski definition) is 4. The van der Waals surface area contributed by atoms with Crippen LogP contribution in [0.25, 0.3) is 11.4 Å². The topological polar surface area (TPSA) is 210 Å². The van der Waals surface area contributed by atoms with Gasteiger partial charge in [0.1, 0.15) is 29.1 Å². The lowest BCUT2D eigenvalue weighted by molar-refractivity contribution is -0.141. The van der Waals surface area contributed by atoms with E-state index in [0.717, 1.165) is 12.8 Å². The molecule has 0 unspecified atom stereocenters. The van der Waals surface area contributed by atoms with Crippen LogP contribution in [0.4, 0.5) is 0 Å². The van der Waals surface area contributed by atoms with Crippen LogP contribution in [-0.2, 0) is 24.4 Å². The van der Waals surface area contributed by atoms with Gasteiger partial charge >= 0.3 is 0 Å². The van der Waals surface area contributed by atoms with Gasteiger partial charge in [0, 0.05) is 30.6 Å². The largest absolute Gasteiger partial charge is 0.497 e. The molecule has 1 saturated heterocycles. The third kappa shape index (κ3) is 7.25. The third-order valence-corrected chi connectivity index (χ3v) is 11.9. The van der Waals surface area contributed by atoms with E-state index in [4.69, 9.17) is 4.74 Å². The Kier molecular flexibility index (Phi) is 9.39. The molecule has 4 amide bonds. The van der Waals surface area contributed by atoms with Crippen LogP contribution < -0.4 is 20.1 Å². The van der Waals surface area contributed by atoms with E-state index in [-0.39, 0.29) is 19.4 Å². The fourth-order valence-corrected chi connectivity index (χ4v) is 8.25. The summed E-state index contributed by atoms with van der Waals surface area (Å²) in [5.41, 5.74) is -0.501. The van der Waals surface area contributed by atoms with Crippen LogP contribution in [0.2, 0.25) is 0 Å². The number of fused-ring (bicyclic) bond motifs is 2. The van der Waals surface area contributed by atoms with Crippen molar-refractivity contribution in [3.8, 4) is 17.1 Å². The van der Waals surface area contributed by atoms with Crippen LogP contribution in [0.15, 0.2) is 54.7 Å². The Bertz CT molecular complexity index is 1920. The van der Waals surface area contributed by atoms with Crippen LogP contribution in [0, 0.1) is 5.92 Å². The smallest absolute Gasteiger partial charge is 0.268 e. The Hall–Kier alpha value is -5.06. The monoisotopic (exact) mass is 719 g/mol. The van der Waals surface area contributed by atoms with Gasteiger partial charge in [0.15, 0.2) is 0 Å². The van der Waals surface area contributed by atoms with E-state index in [9.17, 15) is 27.6 Å². The van der Waals surface area contributed by atoms with Crippen molar-refractivity contribution in [2.75, 3.05) is 13.7 Å². The molecule has 4 aliphatic rings. The van der Waals surface area contributed by atoms with Crippen molar-refractivity contribution >= 4 is 33.7 Å². The molecular weight excluding hydrogens is 678 g/mol. The number of H-pyrrole nitrogens is 1. The first-order chi connectivity index (χ1) is 24.6. The predicted molar refractivity (Wildman–Crippen MR) is 182 cm³/mol. The van der Waals surface area contributed by atoms with Gasteiger partial charge in [0.05, 0.1) is 18.4 Å². The summed E-state index contributed by atoms with van der Waals surface area (Å²) in [7, 11) is -2.31. The van der Waals surface area contributed by atoms with Crippen molar-refractivity contribution in [2.24, 2.45) is 5.92 Å². The summed E-state index contributed by atoms with van der Waals surface area (Å²) in [6.07, 6.45) is 9.97. The Balaban J connectivity index is 1.19. The molecule has 4 heterocycles. The highest BCUT2D eigenvalue weighted by Crippen LogP contribution is 2.46. The molecule has 2 aliphatic carbocycles. The van der Waals surface area contributed by atoms with Crippen LogP contribution in [-0.4, -0.2) is 98.7 Å². The molecule has 7 rings (SSSR count). The van der Waals surface area contributed by atoms with Crippen molar-refractivity contribution in [2.45, 2.75) is 86.7 Å². The van der Waals surface area contributed by atoms with E-state index >= 15 is 0 Å². The third-order valence-electron chi connectivity index (χ3n) is 10.1. The molecule has 0 bridgehead atoms. The van der Waals surface area contributed by atoms with Gasteiger partial charge in [-0.05, 0) is 80.1 Å². The first-order valence-corrected chi connectivity index (χ1v) is 18.9. The molecule has 2 aromatic heterocycles. The summed E-state index contributed by atoms with van der Waals surface area (Å²) < 4.78 is 33.0. The van der Waals surface area contributed by atoms with Gasteiger partial charge < -0.3 is 25.3 Å². The first kappa shape index (κ1) is 34.4. The van der Waals surface area contributed by atoms with Crippen molar-refractivity contribution in [3.05, 3.63) is 60.4 Å². The number of aromatic amines is 1. The van der Waals surface area contributed by atoms with Gasteiger partial charge in [0.2, 0.25) is 27.7 Å². The second-order valence-corrected chi connectivity index (χ2v) is 15.6. The lowest BCUT2D eigenvalue weighted by Gasteiger charge is -2.30. The molecule has 0 spiro atoms. The molecule has 0 radical (unpaired) electrons. The zero-order chi connectivity index (χ0) is 35.8. The minimum atomic E-state index is -3.88. The Labute approximate surface area is 294 Å². The fourth-order valence-electron chi connectivity index (χ4n) is 6.89. The number of rotatable bonds is 8. The summed E-state index contributed by atoms with van der Waals surface area (Å²) in [4.78, 5) is 61.2. The lowest BCUT2D eigenvalue weighted by Crippen LogP contribution is -2.58. The number of benzene rings is 1. The number of tetrazole rings is 1. The van der Waals surface area contributed by atoms with E-state index in [1.54, 1.807) is 49.7 Å². The maximum absolute atomic E-state index is 14.4.